The second-order valence-electron chi connectivity index (χ2n) is 13.6. The number of carboxylic acid groups (broad SMARTS) is 2. The molecule has 0 amide bonds. The second-order valence-corrected chi connectivity index (χ2v) is 13.6. The first-order valence-electron chi connectivity index (χ1n) is 20.6. The summed E-state index contributed by atoms with van der Waals surface area (Å²) in [6.45, 7) is 13.2. The molecule has 0 bridgehead atoms. The summed E-state index contributed by atoms with van der Waals surface area (Å²) in [7, 11) is 0. The predicted octanol–water partition coefficient (Wildman–Crippen LogP) is 14.4. The van der Waals surface area contributed by atoms with Crippen molar-refractivity contribution in [3.63, 3.8) is 0 Å². The van der Waals surface area contributed by atoms with Crippen LogP contribution in [0.1, 0.15) is 240 Å². The van der Waals surface area contributed by atoms with E-state index in [0.29, 0.717) is 12.8 Å². The fourth-order valence-electron chi connectivity index (χ4n) is 5.22. The van der Waals surface area contributed by atoms with Gasteiger partial charge in [0.05, 0.1) is 0 Å². The number of carbonyl (C=O) groups excluding carboxylic acids is 1. The number of aliphatic carboxylic acids is 2. The minimum atomic E-state index is -0.935. The minimum absolute atomic E-state index is 0.176. The predicted molar refractivity (Wildman–Crippen MR) is 211 cm³/mol. The Morgan fingerprint density at radius 2 is 0.720 bits per heavy atom. The van der Waals surface area contributed by atoms with E-state index < -0.39 is 11.9 Å². The Labute approximate surface area is 323 Å². The zero-order valence-electron chi connectivity index (χ0n) is 33.9. The number of hydrogen-bond acceptors (Lipinski definition) is 4. The molecule has 2 N–H and O–H groups in total. The van der Waals surface area contributed by atoms with Crippen LogP contribution >= 0.6 is 0 Å². The van der Waals surface area contributed by atoms with Crippen LogP contribution in [0.25, 0.3) is 0 Å². The van der Waals surface area contributed by atoms with E-state index >= 15 is 0 Å². The third-order valence-electron chi connectivity index (χ3n) is 8.24. The van der Waals surface area contributed by atoms with Gasteiger partial charge in [0.1, 0.15) is 0 Å². The molecule has 0 unspecified atom stereocenters. The summed E-state index contributed by atoms with van der Waals surface area (Å²) in [5.41, 5.74) is 0.176. The quantitative estimate of drug-likeness (QED) is 0.0300. The molecule has 0 saturated carbocycles. The van der Waals surface area contributed by atoms with Crippen LogP contribution in [0.3, 0.4) is 0 Å². The average Bonchev–Trinajstić information content (AvgIpc) is 3.10. The zero-order valence-corrected chi connectivity index (χ0v) is 35.5. The molecule has 0 aliphatic heterocycles. The van der Waals surface area contributed by atoms with Crippen molar-refractivity contribution in [2.75, 3.05) is 0 Å². The van der Waals surface area contributed by atoms with Crippen LogP contribution in [0, 0.1) is 6.42 Å². The van der Waals surface area contributed by atoms with E-state index in [1.165, 1.54) is 180 Å². The average molecular weight is 745 g/mol. The van der Waals surface area contributed by atoms with Crippen LogP contribution in [-0.4, -0.2) is 28.4 Å². The molecule has 0 saturated heterocycles. The van der Waals surface area contributed by atoms with Gasteiger partial charge in [0.2, 0.25) is 0 Å². The summed E-state index contributed by atoms with van der Waals surface area (Å²) in [6, 6.07) is 0. The van der Waals surface area contributed by atoms with Crippen LogP contribution in [0.4, 0.5) is 0 Å². The molecule has 6 nitrogen and oxygen atoms in total. The van der Waals surface area contributed by atoms with Gasteiger partial charge in [0, 0.05) is 12.0 Å². The monoisotopic (exact) mass is 745 g/mol. The molecule has 0 radical (unpaired) electrons. The molecule has 0 aromatic rings. The van der Waals surface area contributed by atoms with Gasteiger partial charge in [-0.2, -0.15) is 20.3 Å². The molecule has 0 heterocycles. The van der Waals surface area contributed by atoms with Gasteiger partial charge in [-0.15, -0.1) is 0 Å². The van der Waals surface area contributed by atoms with Gasteiger partial charge in [0.15, 0.2) is 0 Å². The van der Waals surface area contributed by atoms with E-state index in [-0.39, 0.29) is 5.57 Å². The SMILES string of the molecule is C=C(C)C(=O)O.CCCCCCCCCCCCCCCCCC(=O)O.CCCCCCCCCCCCCCCCC[C-]=O.C[CH-]C.[O]=[Ti+2]. The number of unbranched alkanes of at least 4 members (excludes halogenated alkanes) is 29. The third kappa shape index (κ3) is 76.6. The molecule has 296 valence electrons. The molecule has 0 spiro atoms. The van der Waals surface area contributed by atoms with Crippen molar-refractivity contribution in [2.45, 2.75) is 240 Å². The number of hydrogen-bond donors (Lipinski definition) is 2. The van der Waals surface area contributed by atoms with E-state index in [1.54, 1.807) is 0 Å². The Morgan fingerprint density at radius 1 is 0.520 bits per heavy atom. The number of rotatable bonds is 33. The molecule has 7 heteroatoms. The molecule has 0 aromatic carbocycles. The molecule has 50 heavy (non-hydrogen) atoms. The van der Waals surface area contributed by atoms with Gasteiger partial charge >= 0.3 is 35.7 Å². The molecule has 0 aliphatic carbocycles. The first kappa shape index (κ1) is 58.2. The topological polar surface area (TPSA) is 109 Å². The molecule has 0 aromatic heterocycles. The summed E-state index contributed by atoms with van der Waals surface area (Å²) < 4.78 is 8.25. The summed E-state index contributed by atoms with van der Waals surface area (Å²) in [6.07, 6.45) is 45.4. The van der Waals surface area contributed by atoms with Crippen molar-refractivity contribution >= 4 is 18.2 Å². The van der Waals surface area contributed by atoms with Crippen molar-refractivity contribution in [3.8, 4) is 0 Å². The maximum atomic E-state index is 10.3. The molecule has 0 fully saturated rings. The van der Waals surface area contributed by atoms with Gasteiger partial charge in [-0.1, -0.05) is 207 Å². The van der Waals surface area contributed by atoms with Crippen molar-refractivity contribution in [3.05, 3.63) is 18.6 Å². The van der Waals surface area contributed by atoms with Crippen molar-refractivity contribution in [2.24, 2.45) is 0 Å². The normalized spacial score (nSPS) is 9.82. The van der Waals surface area contributed by atoms with E-state index in [1.807, 2.05) is 26.6 Å². The van der Waals surface area contributed by atoms with Crippen LogP contribution in [0.15, 0.2) is 12.2 Å². The number of carboxylic acids is 2. The van der Waals surface area contributed by atoms with Gasteiger partial charge in [-0.25, -0.2) is 4.79 Å². The Bertz CT molecular complexity index is 643. The Morgan fingerprint density at radius 3 is 0.900 bits per heavy atom. The van der Waals surface area contributed by atoms with E-state index in [4.69, 9.17) is 13.5 Å². The first-order chi connectivity index (χ1) is 24.2. The molecular weight excluding hydrogens is 660 g/mol. The van der Waals surface area contributed by atoms with Crippen molar-refractivity contribution in [1.29, 1.82) is 0 Å². The van der Waals surface area contributed by atoms with Crippen LogP contribution in [-0.2, 0) is 38.1 Å². The summed E-state index contributed by atoms with van der Waals surface area (Å²) in [5.74, 6) is -1.59. The van der Waals surface area contributed by atoms with Crippen molar-refractivity contribution < 1.29 is 48.3 Å². The molecule has 0 rings (SSSR count). The van der Waals surface area contributed by atoms with Crippen LogP contribution in [0.2, 0.25) is 0 Å². The standard InChI is InChI=1S/C18H36O2.C18H35O.C4H6O2.C3H7.O.Ti/c1-2-3-4-5-6-7-8-9-10-11-12-13-14-15-16-17-18(19)20;1-2-3-4-5-6-7-8-9-10-11-12-13-14-15-16-17-18-19;1-3(2)4(5)6;1-3-2;;/h2-17H2,1H3,(H,19,20);2-17H2,1H3;1H2,2H3,(H,5,6);3H,1-2H3;;/q;-1;;-1;;+2. The first-order valence-corrected chi connectivity index (χ1v) is 21.3. The third-order valence-corrected chi connectivity index (χ3v) is 8.24. The Balaban J connectivity index is -0.000000209. The summed E-state index contributed by atoms with van der Waals surface area (Å²) in [4.78, 5) is 29.9. The Kier molecular flexibility index (Phi) is 69.8. The van der Waals surface area contributed by atoms with Crippen molar-refractivity contribution in [1.82, 2.24) is 0 Å². The fourth-order valence-corrected chi connectivity index (χ4v) is 5.22. The van der Waals surface area contributed by atoms with E-state index in [9.17, 15) is 14.4 Å². The van der Waals surface area contributed by atoms with Gasteiger partial charge in [-0.3, -0.25) is 11.1 Å². The van der Waals surface area contributed by atoms with Crippen LogP contribution < -0.4 is 0 Å². The van der Waals surface area contributed by atoms with Gasteiger partial charge in [0.25, 0.3) is 0 Å². The van der Waals surface area contributed by atoms with Gasteiger partial charge in [-0.05, 0) is 13.3 Å². The van der Waals surface area contributed by atoms with Crippen LogP contribution in [0.5, 0.6) is 0 Å². The Hall–Kier alpha value is -1.14. The molecular formula is C43H84O6Ti. The van der Waals surface area contributed by atoms with E-state index in [0.717, 1.165) is 39.7 Å². The fraction of sp³-hybridized carbons (Fsp3) is 0.860. The second kappa shape index (κ2) is 60.0. The zero-order chi connectivity index (χ0) is 38.8. The summed E-state index contributed by atoms with van der Waals surface area (Å²) >= 11 is 0.750. The molecule has 0 atom stereocenters. The maximum absolute atomic E-state index is 10.3. The van der Waals surface area contributed by atoms with Gasteiger partial charge < -0.3 is 21.4 Å². The molecule has 0 aliphatic rings. The number of carbonyl (C=O) groups is 2. The summed E-state index contributed by atoms with van der Waals surface area (Å²) in [5, 5.41) is 16.4. The van der Waals surface area contributed by atoms with E-state index in [2.05, 4.69) is 20.4 Å².